The van der Waals surface area contributed by atoms with Crippen molar-refractivity contribution in [2.45, 2.75) is 52.2 Å². The van der Waals surface area contributed by atoms with Crippen LogP contribution in [0.1, 0.15) is 39.2 Å². The summed E-state index contributed by atoms with van der Waals surface area (Å²) in [5, 5.41) is 2.84. The lowest BCUT2D eigenvalue weighted by atomic mass is 10.1. The fourth-order valence-electron chi connectivity index (χ4n) is 3.43. The van der Waals surface area contributed by atoms with Gasteiger partial charge in [0, 0.05) is 30.0 Å². The zero-order valence-electron chi connectivity index (χ0n) is 19.8. The van der Waals surface area contributed by atoms with Crippen molar-refractivity contribution >= 4 is 43.5 Å². The number of sulfonamides is 1. The minimum atomic E-state index is -3.63. The normalized spacial score (nSPS) is 12.3. The molecule has 2 rings (SSSR count). The quantitative estimate of drug-likeness (QED) is 0.452. The molecule has 2 amide bonds. The average molecular weight is 556 g/mol. The van der Waals surface area contributed by atoms with Crippen molar-refractivity contribution in [3.63, 3.8) is 0 Å². The minimum absolute atomic E-state index is 0.0422. The van der Waals surface area contributed by atoms with Gasteiger partial charge in [0.2, 0.25) is 21.8 Å². The van der Waals surface area contributed by atoms with Crippen LogP contribution in [-0.2, 0) is 26.2 Å². The van der Waals surface area contributed by atoms with E-state index in [0.29, 0.717) is 5.69 Å². The standard InChI is InChI=1S/C24H31BrFN3O4S/c1-17(2)27-24(31)18(3)28(16-19-7-5-8-20(25)15-19)23(30)9-6-14-29(34(4,32)33)22-12-10-21(26)11-13-22/h5,7-8,10-13,15,17-18H,6,9,14,16H2,1-4H3,(H,27,31). The number of hydrogen-bond acceptors (Lipinski definition) is 4. The second-order valence-corrected chi connectivity index (χ2v) is 11.2. The van der Waals surface area contributed by atoms with Crippen molar-refractivity contribution in [2.24, 2.45) is 0 Å². The van der Waals surface area contributed by atoms with Gasteiger partial charge < -0.3 is 10.2 Å². The van der Waals surface area contributed by atoms with Gasteiger partial charge >= 0.3 is 0 Å². The highest BCUT2D eigenvalue weighted by atomic mass is 79.9. The van der Waals surface area contributed by atoms with Crippen molar-refractivity contribution < 1.29 is 22.4 Å². The predicted octanol–water partition coefficient (Wildman–Crippen LogP) is 4.08. The van der Waals surface area contributed by atoms with E-state index in [4.69, 9.17) is 0 Å². The first kappa shape index (κ1) is 27.8. The van der Waals surface area contributed by atoms with Crippen molar-refractivity contribution in [3.8, 4) is 0 Å². The number of carbonyl (C=O) groups is 2. The largest absolute Gasteiger partial charge is 0.352 e. The van der Waals surface area contributed by atoms with Gasteiger partial charge in [-0.15, -0.1) is 0 Å². The van der Waals surface area contributed by atoms with E-state index in [9.17, 15) is 22.4 Å². The number of halogens is 2. The Balaban J connectivity index is 2.16. The maximum Gasteiger partial charge on any atom is 0.242 e. The van der Waals surface area contributed by atoms with Crippen molar-refractivity contribution in [1.29, 1.82) is 0 Å². The molecule has 0 radical (unpaired) electrons. The van der Waals surface area contributed by atoms with E-state index >= 15 is 0 Å². The second-order valence-electron chi connectivity index (χ2n) is 8.41. The van der Waals surface area contributed by atoms with E-state index in [1.807, 2.05) is 38.1 Å². The van der Waals surface area contributed by atoms with Crippen LogP contribution in [-0.4, -0.2) is 50.0 Å². The van der Waals surface area contributed by atoms with Crippen LogP contribution in [0.5, 0.6) is 0 Å². The summed E-state index contributed by atoms with van der Waals surface area (Å²) in [6.45, 7) is 5.65. The Bertz CT molecular complexity index is 1090. The molecule has 1 atom stereocenters. The molecule has 2 aromatic carbocycles. The van der Waals surface area contributed by atoms with Gasteiger partial charge in [-0.2, -0.15) is 0 Å². The predicted molar refractivity (Wildman–Crippen MR) is 135 cm³/mol. The number of carbonyl (C=O) groups excluding carboxylic acids is 2. The van der Waals surface area contributed by atoms with Gasteiger partial charge in [0.25, 0.3) is 0 Å². The molecule has 1 unspecified atom stereocenters. The van der Waals surface area contributed by atoms with Crippen LogP contribution in [0, 0.1) is 5.82 Å². The molecule has 0 aromatic heterocycles. The third-order valence-corrected chi connectivity index (χ3v) is 6.79. The van der Waals surface area contributed by atoms with E-state index in [1.54, 1.807) is 6.92 Å². The highest BCUT2D eigenvalue weighted by Crippen LogP contribution is 2.20. The van der Waals surface area contributed by atoms with Crippen LogP contribution in [0.3, 0.4) is 0 Å². The SMILES string of the molecule is CC(C)NC(=O)C(C)N(Cc1cccc(Br)c1)C(=O)CCCN(c1ccc(F)cc1)S(C)(=O)=O. The number of amides is 2. The number of hydrogen-bond donors (Lipinski definition) is 1. The van der Waals surface area contributed by atoms with Crippen LogP contribution >= 0.6 is 15.9 Å². The van der Waals surface area contributed by atoms with Crippen LogP contribution in [0.4, 0.5) is 10.1 Å². The molecule has 0 saturated carbocycles. The first-order chi connectivity index (χ1) is 15.9. The van der Waals surface area contributed by atoms with Gasteiger partial charge in [0.15, 0.2) is 0 Å². The molecule has 2 aromatic rings. The molecule has 186 valence electrons. The smallest absolute Gasteiger partial charge is 0.242 e. The Labute approximate surface area is 209 Å². The Morgan fingerprint density at radius 3 is 2.29 bits per heavy atom. The topological polar surface area (TPSA) is 86.8 Å². The van der Waals surface area contributed by atoms with Crippen LogP contribution in [0.15, 0.2) is 53.0 Å². The molecule has 0 heterocycles. The third-order valence-electron chi connectivity index (χ3n) is 5.11. The lowest BCUT2D eigenvalue weighted by Crippen LogP contribution is -2.49. The lowest BCUT2D eigenvalue weighted by molar-refractivity contribution is -0.140. The molecule has 0 fully saturated rings. The van der Waals surface area contributed by atoms with Gasteiger partial charge in [-0.3, -0.25) is 13.9 Å². The number of rotatable bonds is 11. The fraction of sp³-hybridized carbons (Fsp3) is 0.417. The monoisotopic (exact) mass is 555 g/mol. The Hall–Kier alpha value is -2.46. The summed E-state index contributed by atoms with van der Waals surface area (Å²) in [5.41, 5.74) is 1.18. The highest BCUT2D eigenvalue weighted by Gasteiger charge is 2.27. The summed E-state index contributed by atoms with van der Waals surface area (Å²) < 4.78 is 39.8. The highest BCUT2D eigenvalue weighted by molar-refractivity contribution is 9.10. The molecule has 34 heavy (non-hydrogen) atoms. The molecule has 0 aliphatic carbocycles. The number of benzene rings is 2. The third kappa shape index (κ3) is 8.39. The molecular formula is C24H31BrFN3O4S. The van der Waals surface area contributed by atoms with E-state index < -0.39 is 21.9 Å². The molecule has 0 saturated heterocycles. The lowest BCUT2D eigenvalue weighted by Gasteiger charge is -2.30. The molecular weight excluding hydrogens is 525 g/mol. The van der Waals surface area contributed by atoms with Gasteiger partial charge in [-0.1, -0.05) is 28.1 Å². The number of anilines is 1. The Morgan fingerprint density at radius 1 is 1.09 bits per heavy atom. The van der Waals surface area contributed by atoms with E-state index in [1.165, 1.54) is 29.2 Å². The summed E-state index contributed by atoms with van der Waals surface area (Å²) in [5.74, 6) is -0.995. The molecule has 10 heteroatoms. The van der Waals surface area contributed by atoms with E-state index in [0.717, 1.165) is 20.6 Å². The van der Waals surface area contributed by atoms with Gasteiger partial charge in [-0.05, 0) is 69.2 Å². The molecule has 0 spiro atoms. The summed E-state index contributed by atoms with van der Waals surface area (Å²) >= 11 is 3.42. The average Bonchev–Trinajstić information content (AvgIpc) is 2.74. The Morgan fingerprint density at radius 2 is 1.74 bits per heavy atom. The number of nitrogens with one attached hydrogen (secondary N) is 1. The molecule has 7 nitrogen and oxygen atoms in total. The van der Waals surface area contributed by atoms with Gasteiger partial charge in [0.05, 0.1) is 11.9 Å². The molecule has 0 bridgehead atoms. The van der Waals surface area contributed by atoms with Crippen molar-refractivity contribution in [1.82, 2.24) is 10.2 Å². The first-order valence-electron chi connectivity index (χ1n) is 11.0. The van der Waals surface area contributed by atoms with Gasteiger partial charge in [0.1, 0.15) is 11.9 Å². The maximum absolute atomic E-state index is 13.3. The van der Waals surface area contributed by atoms with Crippen molar-refractivity contribution in [2.75, 3.05) is 17.1 Å². The van der Waals surface area contributed by atoms with Gasteiger partial charge in [-0.25, -0.2) is 12.8 Å². The minimum Gasteiger partial charge on any atom is -0.352 e. The molecule has 0 aliphatic rings. The van der Waals surface area contributed by atoms with Crippen LogP contribution in [0.25, 0.3) is 0 Å². The first-order valence-corrected chi connectivity index (χ1v) is 13.6. The zero-order chi connectivity index (χ0) is 25.5. The fourth-order valence-corrected chi connectivity index (χ4v) is 4.84. The summed E-state index contributed by atoms with van der Waals surface area (Å²) in [6, 6.07) is 11.8. The zero-order valence-corrected chi connectivity index (χ0v) is 22.2. The molecule has 0 aliphatic heterocycles. The van der Waals surface area contributed by atoms with Crippen molar-refractivity contribution in [3.05, 3.63) is 64.4 Å². The summed E-state index contributed by atoms with van der Waals surface area (Å²) in [6.07, 6.45) is 1.34. The summed E-state index contributed by atoms with van der Waals surface area (Å²) in [7, 11) is -3.63. The molecule has 1 N–H and O–H groups in total. The second kappa shape index (κ2) is 12.3. The Kier molecular flexibility index (Phi) is 10.1. The van der Waals surface area contributed by atoms with Crippen LogP contribution in [0.2, 0.25) is 0 Å². The summed E-state index contributed by atoms with van der Waals surface area (Å²) in [4.78, 5) is 27.3. The van der Waals surface area contributed by atoms with E-state index in [2.05, 4.69) is 21.2 Å². The van der Waals surface area contributed by atoms with E-state index in [-0.39, 0.29) is 43.8 Å². The van der Waals surface area contributed by atoms with Crippen LogP contribution < -0.4 is 9.62 Å². The maximum atomic E-state index is 13.3. The number of nitrogens with zero attached hydrogens (tertiary/aromatic N) is 2.